The summed E-state index contributed by atoms with van der Waals surface area (Å²) in [4.78, 5) is 9.56. The van der Waals surface area contributed by atoms with Crippen molar-refractivity contribution in [3.05, 3.63) is 11.8 Å². The first-order chi connectivity index (χ1) is 9.37. The Kier molecular flexibility index (Phi) is 6.04. The maximum atomic E-state index is 12.6. The Hall–Kier alpha value is -1.53. The van der Waals surface area contributed by atoms with Crippen LogP contribution in [0, 0.1) is 6.92 Å². The Labute approximate surface area is 117 Å². The minimum absolute atomic E-state index is 0.310. The molecule has 0 unspecified atom stereocenters. The summed E-state index contributed by atoms with van der Waals surface area (Å²) >= 11 is 0. The van der Waals surface area contributed by atoms with Crippen molar-refractivity contribution in [2.45, 2.75) is 39.8 Å². The van der Waals surface area contributed by atoms with E-state index in [4.69, 9.17) is 0 Å². The van der Waals surface area contributed by atoms with Crippen LogP contribution in [-0.4, -0.2) is 35.8 Å². The van der Waals surface area contributed by atoms with E-state index in [0.29, 0.717) is 36.8 Å². The normalized spacial score (nSPS) is 11.5. The van der Waals surface area contributed by atoms with Gasteiger partial charge in [-0.25, -0.2) is 4.98 Å². The lowest BCUT2D eigenvalue weighted by atomic mass is 10.3. The molecule has 0 aliphatic heterocycles. The van der Waals surface area contributed by atoms with Gasteiger partial charge in [0.1, 0.15) is 12.4 Å². The van der Waals surface area contributed by atoms with Crippen molar-refractivity contribution in [2.75, 3.05) is 29.9 Å². The highest BCUT2D eigenvalue weighted by Gasteiger charge is 2.31. The molecule has 0 saturated heterocycles. The quantitative estimate of drug-likeness (QED) is 0.835. The van der Waals surface area contributed by atoms with Crippen molar-refractivity contribution < 1.29 is 13.2 Å². The van der Waals surface area contributed by atoms with Crippen LogP contribution >= 0.6 is 0 Å². The van der Waals surface area contributed by atoms with Gasteiger partial charge in [-0.1, -0.05) is 13.8 Å². The van der Waals surface area contributed by atoms with E-state index in [1.807, 2.05) is 13.8 Å². The van der Waals surface area contributed by atoms with Gasteiger partial charge in [-0.2, -0.15) is 18.2 Å². The molecule has 0 aliphatic rings. The van der Waals surface area contributed by atoms with Crippen molar-refractivity contribution in [1.82, 2.24) is 9.97 Å². The average Bonchev–Trinajstić information content (AvgIpc) is 2.36. The van der Waals surface area contributed by atoms with Crippen LogP contribution in [0.5, 0.6) is 0 Å². The first-order valence-corrected chi connectivity index (χ1v) is 6.76. The van der Waals surface area contributed by atoms with Gasteiger partial charge in [0.05, 0.1) is 0 Å². The summed E-state index contributed by atoms with van der Waals surface area (Å²) in [6, 6.07) is 0. The number of halogens is 3. The number of aromatic nitrogens is 2. The first kappa shape index (κ1) is 16.5. The molecule has 1 rings (SSSR count). The molecule has 0 amide bonds. The van der Waals surface area contributed by atoms with Crippen LogP contribution < -0.4 is 10.2 Å². The second-order valence-electron chi connectivity index (χ2n) is 4.66. The number of hydrogen-bond donors (Lipinski definition) is 1. The van der Waals surface area contributed by atoms with Gasteiger partial charge >= 0.3 is 6.18 Å². The van der Waals surface area contributed by atoms with Crippen LogP contribution in [-0.2, 0) is 0 Å². The molecule has 7 heteroatoms. The molecule has 0 fully saturated rings. The van der Waals surface area contributed by atoms with Gasteiger partial charge in [0.25, 0.3) is 0 Å². The van der Waals surface area contributed by atoms with Crippen molar-refractivity contribution in [3.8, 4) is 0 Å². The molecule has 1 N–H and O–H groups in total. The first-order valence-electron chi connectivity index (χ1n) is 6.76. The number of aryl methyl sites for hydroxylation is 1. The second kappa shape index (κ2) is 7.31. The van der Waals surface area contributed by atoms with E-state index in [1.165, 1.54) is 4.90 Å². The van der Waals surface area contributed by atoms with Gasteiger partial charge in [0.2, 0.25) is 5.95 Å². The summed E-state index contributed by atoms with van der Waals surface area (Å²) < 4.78 is 37.9. The van der Waals surface area contributed by atoms with Gasteiger partial charge in [-0.15, -0.1) is 0 Å². The van der Waals surface area contributed by atoms with E-state index in [0.717, 1.165) is 6.42 Å². The summed E-state index contributed by atoms with van der Waals surface area (Å²) in [5, 5.41) is 2.99. The number of nitrogens with zero attached hydrogens (tertiary/aromatic N) is 3. The average molecular weight is 290 g/mol. The Morgan fingerprint density at radius 3 is 2.50 bits per heavy atom. The third-order valence-electron chi connectivity index (χ3n) is 2.64. The molecule has 0 saturated carbocycles. The zero-order valence-corrected chi connectivity index (χ0v) is 12.1. The van der Waals surface area contributed by atoms with Gasteiger partial charge < -0.3 is 10.2 Å². The second-order valence-corrected chi connectivity index (χ2v) is 4.66. The highest BCUT2D eigenvalue weighted by Crippen LogP contribution is 2.24. The lowest BCUT2D eigenvalue weighted by Gasteiger charge is -2.26. The number of nitrogens with one attached hydrogen (secondary N) is 1. The minimum Gasteiger partial charge on any atom is -0.354 e. The summed E-state index contributed by atoms with van der Waals surface area (Å²) in [6.45, 7) is 5.56. The number of anilines is 2. The molecular formula is C13H21F3N4. The fourth-order valence-corrected chi connectivity index (χ4v) is 1.82. The maximum Gasteiger partial charge on any atom is 0.405 e. The smallest absolute Gasteiger partial charge is 0.354 e. The van der Waals surface area contributed by atoms with Crippen LogP contribution in [0.3, 0.4) is 0 Å². The van der Waals surface area contributed by atoms with Gasteiger partial charge in [-0.3, -0.25) is 0 Å². The molecule has 0 aliphatic carbocycles. The highest BCUT2D eigenvalue weighted by atomic mass is 19.4. The van der Waals surface area contributed by atoms with Crippen LogP contribution in [0.4, 0.5) is 24.9 Å². The van der Waals surface area contributed by atoms with Crippen molar-refractivity contribution >= 4 is 11.8 Å². The Morgan fingerprint density at radius 1 is 1.25 bits per heavy atom. The molecular weight excluding hydrogens is 269 g/mol. The molecule has 0 radical (unpaired) electrons. The molecule has 1 aromatic heterocycles. The minimum atomic E-state index is -4.25. The largest absolute Gasteiger partial charge is 0.405 e. The van der Waals surface area contributed by atoms with Crippen LogP contribution in [0.15, 0.2) is 6.20 Å². The fraction of sp³-hybridized carbons (Fsp3) is 0.692. The van der Waals surface area contributed by atoms with Gasteiger partial charge in [-0.05, 0) is 19.8 Å². The summed E-state index contributed by atoms with van der Waals surface area (Å²) in [5.41, 5.74) is 0.643. The van der Waals surface area contributed by atoms with Crippen molar-refractivity contribution in [3.63, 3.8) is 0 Å². The third kappa shape index (κ3) is 5.22. The van der Waals surface area contributed by atoms with Crippen LogP contribution in [0.25, 0.3) is 0 Å². The monoisotopic (exact) mass is 290 g/mol. The van der Waals surface area contributed by atoms with Crippen LogP contribution in [0.1, 0.15) is 32.3 Å². The van der Waals surface area contributed by atoms with E-state index in [-0.39, 0.29) is 0 Å². The topological polar surface area (TPSA) is 41.1 Å². The molecule has 0 aromatic carbocycles. The van der Waals surface area contributed by atoms with Gasteiger partial charge in [0.15, 0.2) is 0 Å². The van der Waals surface area contributed by atoms with E-state index in [9.17, 15) is 13.2 Å². The summed E-state index contributed by atoms with van der Waals surface area (Å²) in [7, 11) is 0. The van der Waals surface area contributed by atoms with E-state index in [1.54, 1.807) is 13.1 Å². The summed E-state index contributed by atoms with van der Waals surface area (Å²) in [5.74, 6) is 0.716. The molecule has 1 aromatic rings. The molecule has 114 valence electrons. The molecule has 20 heavy (non-hydrogen) atoms. The number of alkyl halides is 3. The summed E-state index contributed by atoms with van der Waals surface area (Å²) in [6.07, 6.45) is -1.17. The molecule has 1 heterocycles. The Morgan fingerprint density at radius 2 is 1.95 bits per heavy atom. The lowest BCUT2D eigenvalue weighted by molar-refractivity contribution is -0.119. The zero-order valence-electron chi connectivity index (χ0n) is 12.1. The van der Waals surface area contributed by atoms with Crippen molar-refractivity contribution in [1.29, 1.82) is 0 Å². The SMILES string of the molecule is CCCNc1ncc(C)c(N(CCC)CC(F)(F)F)n1. The molecule has 0 spiro atoms. The molecule has 0 atom stereocenters. The maximum absolute atomic E-state index is 12.6. The number of hydrogen-bond acceptors (Lipinski definition) is 4. The third-order valence-corrected chi connectivity index (χ3v) is 2.64. The van der Waals surface area contributed by atoms with E-state index in [2.05, 4.69) is 15.3 Å². The van der Waals surface area contributed by atoms with E-state index >= 15 is 0 Å². The van der Waals surface area contributed by atoms with Crippen LogP contribution in [0.2, 0.25) is 0 Å². The predicted octanol–water partition coefficient (Wildman–Crippen LogP) is 3.39. The molecule has 0 bridgehead atoms. The lowest BCUT2D eigenvalue weighted by Crippen LogP contribution is -2.36. The van der Waals surface area contributed by atoms with E-state index < -0.39 is 12.7 Å². The Bertz CT molecular complexity index is 421. The van der Waals surface area contributed by atoms with Crippen molar-refractivity contribution in [2.24, 2.45) is 0 Å². The zero-order chi connectivity index (χ0) is 15.2. The highest BCUT2D eigenvalue weighted by molar-refractivity contribution is 5.49. The molecule has 4 nitrogen and oxygen atoms in total. The predicted molar refractivity (Wildman–Crippen MR) is 74.1 cm³/mol. The number of rotatable bonds is 7. The standard InChI is InChI=1S/C13H21F3N4/c1-4-6-17-12-18-8-10(3)11(19-12)20(7-5-2)9-13(14,15)16/h8H,4-7,9H2,1-3H3,(H,17,18,19). The van der Waals surface area contributed by atoms with Gasteiger partial charge in [0, 0.05) is 24.8 Å². The Balaban J connectivity index is 2.98. The fourth-order valence-electron chi connectivity index (χ4n) is 1.82.